The fourth-order valence-electron chi connectivity index (χ4n) is 2.71. The summed E-state index contributed by atoms with van der Waals surface area (Å²) in [5.74, 6) is -2.60. The van der Waals surface area contributed by atoms with Crippen molar-refractivity contribution in [2.24, 2.45) is 5.14 Å². The molecule has 1 amide bonds. The monoisotopic (exact) mass is 422 g/mol. The van der Waals surface area contributed by atoms with E-state index in [-0.39, 0.29) is 5.92 Å². The number of halogens is 1. The Morgan fingerprint density at radius 3 is 2.41 bits per heavy atom. The van der Waals surface area contributed by atoms with E-state index in [4.69, 9.17) is 9.88 Å². The van der Waals surface area contributed by atoms with Crippen LogP contribution in [-0.2, 0) is 19.6 Å². The fourth-order valence-corrected chi connectivity index (χ4v) is 3.25. The third-order valence-electron chi connectivity index (χ3n) is 4.43. The van der Waals surface area contributed by atoms with Crippen molar-refractivity contribution in [3.8, 4) is 0 Å². The lowest BCUT2D eigenvalue weighted by molar-refractivity contribution is -0.129. The van der Waals surface area contributed by atoms with Gasteiger partial charge < -0.3 is 10.1 Å². The molecule has 29 heavy (non-hydrogen) atoms. The van der Waals surface area contributed by atoms with Crippen molar-refractivity contribution in [2.45, 2.75) is 37.2 Å². The molecular formula is C20H23FN2O5S. The van der Waals surface area contributed by atoms with Gasteiger partial charge in [0.1, 0.15) is 5.82 Å². The number of hydrogen-bond acceptors (Lipinski definition) is 5. The summed E-state index contributed by atoms with van der Waals surface area (Å²) < 4.78 is 41.7. The fraction of sp³-hybridized carbons (Fsp3) is 0.300. The topological polar surface area (TPSA) is 116 Å². The summed E-state index contributed by atoms with van der Waals surface area (Å²) in [4.78, 5) is 24.0. The van der Waals surface area contributed by atoms with Crippen LogP contribution in [-0.4, -0.2) is 32.9 Å². The molecule has 3 N–H and O–H groups in total. The third-order valence-corrected chi connectivity index (χ3v) is 5.34. The van der Waals surface area contributed by atoms with Crippen LogP contribution in [0.2, 0.25) is 0 Å². The zero-order valence-electron chi connectivity index (χ0n) is 16.1. The second kappa shape index (κ2) is 9.62. The first-order valence-electron chi connectivity index (χ1n) is 8.99. The summed E-state index contributed by atoms with van der Waals surface area (Å²) in [6.45, 7) is 3.68. The van der Waals surface area contributed by atoms with E-state index in [1.54, 1.807) is 0 Å². The smallest absolute Gasteiger partial charge is 0.341 e. The Morgan fingerprint density at radius 1 is 1.17 bits per heavy atom. The van der Waals surface area contributed by atoms with Crippen LogP contribution in [0.15, 0.2) is 53.4 Å². The largest absolute Gasteiger partial charge is 0.449 e. The van der Waals surface area contributed by atoms with Crippen LogP contribution in [0.1, 0.15) is 42.1 Å². The lowest BCUT2D eigenvalue weighted by Gasteiger charge is -2.18. The molecule has 2 aromatic carbocycles. The van der Waals surface area contributed by atoms with E-state index in [0.717, 1.165) is 30.2 Å². The Balaban J connectivity index is 2.01. The summed E-state index contributed by atoms with van der Waals surface area (Å²) in [7, 11) is -4.12. The van der Waals surface area contributed by atoms with E-state index in [1.165, 1.54) is 6.92 Å². The first-order valence-corrected chi connectivity index (χ1v) is 10.5. The average Bonchev–Trinajstić information content (AvgIpc) is 2.68. The molecule has 0 bridgehead atoms. The summed E-state index contributed by atoms with van der Waals surface area (Å²) >= 11 is 0. The van der Waals surface area contributed by atoms with Crippen LogP contribution in [0.25, 0.3) is 0 Å². The zero-order chi connectivity index (χ0) is 21.6. The van der Waals surface area contributed by atoms with Crippen molar-refractivity contribution in [3.63, 3.8) is 0 Å². The van der Waals surface area contributed by atoms with E-state index in [9.17, 15) is 22.4 Å². The summed E-state index contributed by atoms with van der Waals surface area (Å²) in [5.41, 5.74) is 0.453. The standard InChI is InChI=1S/C20H23FN2O5S/c1-3-14(15-7-5-4-6-8-15)12-23-19(24)13(2)28-20(25)17-11-16(29(22,26)27)9-10-18(17)21/h4-11,13-14H,3,12H2,1-2H3,(H,23,24)(H2,22,26,27)/t13-,14+/m1/s1. The van der Waals surface area contributed by atoms with Gasteiger partial charge in [-0.3, -0.25) is 4.79 Å². The molecule has 0 aliphatic carbocycles. The summed E-state index contributed by atoms with van der Waals surface area (Å²) in [6, 6.07) is 12.2. The van der Waals surface area contributed by atoms with Crippen LogP contribution in [0.5, 0.6) is 0 Å². The SMILES string of the molecule is CC[C@@H](CNC(=O)[C@@H](C)OC(=O)c1cc(S(N)(=O)=O)ccc1F)c1ccccc1. The second-order valence-corrected chi connectivity index (χ2v) is 8.06. The van der Waals surface area contributed by atoms with Crippen molar-refractivity contribution >= 4 is 21.9 Å². The number of amides is 1. The number of esters is 1. The Hall–Kier alpha value is -2.78. The van der Waals surface area contributed by atoms with Gasteiger partial charge in [-0.2, -0.15) is 0 Å². The molecule has 0 aliphatic heterocycles. The molecule has 0 spiro atoms. The molecular weight excluding hydrogens is 399 g/mol. The minimum absolute atomic E-state index is 0.0898. The number of nitrogens with two attached hydrogens (primary N) is 1. The lowest BCUT2D eigenvalue weighted by atomic mass is 9.96. The van der Waals surface area contributed by atoms with E-state index in [1.807, 2.05) is 37.3 Å². The molecule has 0 saturated heterocycles. The molecule has 2 atom stereocenters. The van der Waals surface area contributed by atoms with Crippen LogP contribution in [0, 0.1) is 5.82 Å². The molecule has 0 unspecified atom stereocenters. The number of carbonyl (C=O) groups excluding carboxylic acids is 2. The van der Waals surface area contributed by atoms with Crippen molar-refractivity contribution in [2.75, 3.05) is 6.54 Å². The predicted molar refractivity (Wildman–Crippen MR) is 105 cm³/mol. The first-order chi connectivity index (χ1) is 13.6. The normalized spacial score (nSPS) is 13.4. The molecule has 2 aromatic rings. The number of carbonyl (C=O) groups is 2. The Bertz CT molecular complexity index is 980. The van der Waals surface area contributed by atoms with Gasteiger partial charge in [-0.25, -0.2) is 22.7 Å². The Morgan fingerprint density at radius 2 is 1.83 bits per heavy atom. The highest BCUT2D eigenvalue weighted by molar-refractivity contribution is 7.89. The van der Waals surface area contributed by atoms with Crippen LogP contribution in [0.4, 0.5) is 4.39 Å². The maximum absolute atomic E-state index is 13.9. The van der Waals surface area contributed by atoms with Crippen LogP contribution in [0.3, 0.4) is 0 Å². The molecule has 0 saturated carbocycles. The molecule has 0 heterocycles. The van der Waals surface area contributed by atoms with Gasteiger partial charge in [0.15, 0.2) is 6.10 Å². The van der Waals surface area contributed by atoms with E-state index in [0.29, 0.717) is 6.54 Å². The predicted octanol–water partition coefficient (Wildman–Crippen LogP) is 2.33. The van der Waals surface area contributed by atoms with E-state index < -0.39 is 44.3 Å². The number of rotatable bonds is 8. The molecule has 2 rings (SSSR count). The molecule has 0 radical (unpaired) electrons. The average molecular weight is 422 g/mol. The summed E-state index contributed by atoms with van der Waals surface area (Å²) in [5, 5.41) is 7.70. The number of sulfonamides is 1. The number of primary sulfonamides is 1. The van der Waals surface area contributed by atoms with Gasteiger partial charge in [0.2, 0.25) is 10.0 Å². The first kappa shape index (κ1) is 22.5. The van der Waals surface area contributed by atoms with Gasteiger partial charge >= 0.3 is 5.97 Å². The number of benzene rings is 2. The highest BCUT2D eigenvalue weighted by Gasteiger charge is 2.23. The quantitative estimate of drug-likeness (QED) is 0.634. The van der Waals surface area contributed by atoms with E-state index >= 15 is 0 Å². The minimum atomic E-state index is -4.12. The van der Waals surface area contributed by atoms with E-state index in [2.05, 4.69) is 5.32 Å². The third kappa shape index (κ3) is 6.10. The summed E-state index contributed by atoms with van der Waals surface area (Å²) in [6.07, 6.45) is -0.405. The maximum Gasteiger partial charge on any atom is 0.341 e. The number of hydrogen-bond donors (Lipinski definition) is 2. The van der Waals surface area contributed by atoms with Gasteiger partial charge in [0.25, 0.3) is 5.91 Å². The molecule has 0 aromatic heterocycles. The van der Waals surface area contributed by atoms with Gasteiger partial charge in [-0.05, 0) is 37.1 Å². The van der Waals surface area contributed by atoms with Gasteiger partial charge in [-0.1, -0.05) is 37.3 Å². The highest BCUT2D eigenvalue weighted by Crippen LogP contribution is 2.18. The molecule has 156 valence electrons. The maximum atomic E-state index is 13.9. The van der Waals surface area contributed by atoms with Crippen LogP contribution >= 0.6 is 0 Å². The van der Waals surface area contributed by atoms with Crippen molar-refractivity contribution < 1.29 is 27.1 Å². The Labute approximate surface area is 169 Å². The van der Waals surface area contributed by atoms with Gasteiger partial charge in [0.05, 0.1) is 10.5 Å². The van der Waals surface area contributed by atoms with Gasteiger partial charge in [-0.15, -0.1) is 0 Å². The molecule has 7 nitrogen and oxygen atoms in total. The Kier molecular flexibility index (Phi) is 7.46. The highest BCUT2D eigenvalue weighted by atomic mass is 32.2. The molecule has 0 fully saturated rings. The van der Waals surface area contributed by atoms with Crippen molar-refractivity contribution in [1.29, 1.82) is 0 Å². The molecule has 9 heteroatoms. The van der Waals surface area contributed by atoms with Gasteiger partial charge in [0, 0.05) is 12.5 Å². The van der Waals surface area contributed by atoms with Crippen molar-refractivity contribution in [1.82, 2.24) is 5.32 Å². The van der Waals surface area contributed by atoms with Crippen molar-refractivity contribution in [3.05, 3.63) is 65.5 Å². The second-order valence-electron chi connectivity index (χ2n) is 6.50. The lowest BCUT2D eigenvalue weighted by Crippen LogP contribution is -2.38. The number of ether oxygens (including phenoxy) is 1. The molecule has 0 aliphatic rings. The van der Waals surface area contributed by atoms with Crippen LogP contribution < -0.4 is 10.5 Å². The zero-order valence-corrected chi connectivity index (χ0v) is 16.9. The minimum Gasteiger partial charge on any atom is -0.449 e. The number of nitrogens with one attached hydrogen (secondary N) is 1.